The van der Waals surface area contributed by atoms with Gasteiger partial charge in [-0.15, -0.1) is 0 Å². The average Bonchev–Trinajstić information content (AvgIpc) is 2.45. The predicted octanol–water partition coefficient (Wildman–Crippen LogP) is 2.24. The summed E-state index contributed by atoms with van der Waals surface area (Å²) in [5.41, 5.74) is -0.780. The number of halogens is 3. The van der Waals surface area contributed by atoms with Crippen molar-refractivity contribution >= 4 is 5.91 Å². The summed E-state index contributed by atoms with van der Waals surface area (Å²) in [4.78, 5) is 19.2. The van der Waals surface area contributed by atoms with Crippen LogP contribution >= 0.6 is 0 Å². The monoisotopic (exact) mass is 317 g/mol. The zero-order valence-corrected chi connectivity index (χ0v) is 12.2. The molecule has 8 heteroatoms. The number of ether oxygens (including phenoxy) is 1. The first-order valence-corrected chi connectivity index (χ1v) is 7.11. The highest BCUT2D eigenvalue weighted by Crippen LogP contribution is 2.27. The highest BCUT2D eigenvalue weighted by Gasteiger charge is 2.33. The molecule has 0 radical (unpaired) electrons. The van der Waals surface area contributed by atoms with Crippen LogP contribution in [0.2, 0.25) is 0 Å². The molecule has 1 fully saturated rings. The summed E-state index contributed by atoms with van der Waals surface area (Å²) in [6, 6.07) is 0.880. The maximum absolute atomic E-state index is 12.7. The van der Waals surface area contributed by atoms with Crippen molar-refractivity contribution in [1.82, 2.24) is 15.3 Å². The lowest BCUT2D eigenvalue weighted by molar-refractivity contribution is -0.141. The average molecular weight is 317 g/mol. The van der Waals surface area contributed by atoms with Crippen molar-refractivity contribution in [1.29, 1.82) is 0 Å². The van der Waals surface area contributed by atoms with Gasteiger partial charge in [-0.1, -0.05) is 0 Å². The highest BCUT2D eigenvalue weighted by atomic mass is 19.4. The number of nitrogens with one attached hydrogen (secondary N) is 1. The van der Waals surface area contributed by atoms with Gasteiger partial charge in [0.2, 0.25) is 5.91 Å². The predicted molar refractivity (Wildman–Crippen MR) is 71.8 cm³/mol. The van der Waals surface area contributed by atoms with Gasteiger partial charge in [0.1, 0.15) is 11.5 Å². The summed E-state index contributed by atoms with van der Waals surface area (Å²) in [7, 11) is 0. The zero-order chi connectivity index (χ0) is 16.2. The lowest BCUT2D eigenvalue weighted by Crippen LogP contribution is -2.29. The van der Waals surface area contributed by atoms with Gasteiger partial charge in [-0.2, -0.15) is 13.2 Å². The van der Waals surface area contributed by atoms with E-state index in [0.717, 1.165) is 25.5 Å². The number of hydrogen-bond donors (Lipinski definition) is 1. The Morgan fingerprint density at radius 1 is 1.45 bits per heavy atom. The van der Waals surface area contributed by atoms with E-state index >= 15 is 0 Å². The molecule has 1 aromatic heterocycles. The van der Waals surface area contributed by atoms with Crippen LogP contribution in [0.4, 0.5) is 13.2 Å². The fourth-order valence-corrected chi connectivity index (χ4v) is 2.33. The molecular weight excluding hydrogens is 299 g/mol. The van der Waals surface area contributed by atoms with Crippen molar-refractivity contribution in [2.75, 3.05) is 13.2 Å². The number of aromatic nitrogens is 2. The normalized spacial score (nSPS) is 19.0. The first-order valence-electron chi connectivity index (χ1n) is 7.11. The van der Waals surface area contributed by atoms with Crippen LogP contribution in [0.5, 0.6) is 0 Å². The van der Waals surface area contributed by atoms with Gasteiger partial charge in [0.15, 0.2) is 0 Å². The van der Waals surface area contributed by atoms with E-state index in [4.69, 9.17) is 4.74 Å². The quantitative estimate of drug-likeness (QED) is 0.925. The summed E-state index contributed by atoms with van der Waals surface area (Å²) in [6.07, 6.45) is -2.37. The van der Waals surface area contributed by atoms with E-state index in [-0.39, 0.29) is 29.9 Å². The van der Waals surface area contributed by atoms with Gasteiger partial charge in [0, 0.05) is 25.3 Å². The van der Waals surface area contributed by atoms with E-state index in [1.54, 1.807) is 0 Å². The second kappa shape index (κ2) is 7.04. The number of aryl methyl sites for hydroxylation is 1. The van der Waals surface area contributed by atoms with Gasteiger partial charge < -0.3 is 10.1 Å². The summed E-state index contributed by atoms with van der Waals surface area (Å²) in [6.45, 7) is 2.61. The van der Waals surface area contributed by atoms with Gasteiger partial charge in [-0.25, -0.2) is 9.97 Å². The highest BCUT2D eigenvalue weighted by molar-refractivity contribution is 5.76. The standard InChI is InChI=1S/C14H18F3N3O2/c1-9-5-11(14(15,16)17)20-12(19-9)7-18-13(21)6-10-3-2-4-22-8-10/h5,10H,2-4,6-8H2,1H3,(H,18,21)/t10-/m1/s1. The van der Waals surface area contributed by atoms with Crippen molar-refractivity contribution in [3.05, 3.63) is 23.3 Å². The molecule has 22 heavy (non-hydrogen) atoms. The summed E-state index contributed by atoms with van der Waals surface area (Å²) < 4.78 is 43.3. The SMILES string of the molecule is Cc1cc(C(F)(F)F)nc(CNC(=O)C[C@H]2CCCOC2)n1. The number of hydrogen-bond acceptors (Lipinski definition) is 4. The summed E-state index contributed by atoms with van der Waals surface area (Å²) in [5, 5.41) is 2.57. The molecule has 0 spiro atoms. The molecule has 0 saturated carbocycles. The Kier molecular flexibility index (Phi) is 5.33. The molecule has 1 amide bonds. The fraction of sp³-hybridized carbons (Fsp3) is 0.643. The Hall–Kier alpha value is -1.70. The first-order chi connectivity index (χ1) is 10.3. The molecule has 0 bridgehead atoms. The van der Waals surface area contributed by atoms with Gasteiger partial charge in [0.05, 0.1) is 6.54 Å². The Morgan fingerprint density at radius 2 is 2.23 bits per heavy atom. The number of carbonyl (C=O) groups excluding carboxylic acids is 1. The molecule has 1 atom stereocenters. The van der Waals surface area contributed by atoms with Crippen LogP contribution in [0.25, 0.3) is 0 Å². The lowest BCUT2D eigenvalue weighted by Gasteiger charge is -2.21. The topological polar surface area (TPSA) is 64.1 Å². The number of nitrogens with zero attached hydrogens (tertiary/aromatic N) is 2. The molecule has 1 N–H and O–H groups in total. The second-order valence-corrected chi connectivity index (χ2v) is 5.37. The summed E-state index contributed by atoms with van der Waals surface area (Å²) >= 11 is 0. The molecule has 2 rings (SSSR count). The van der Waals surface area contributed by atoms with Crippen molar-refractivity contribution in [2.24, 2.45) is 5.92 Å². The third kappa shape index (κ3) is 4.94. The summed E-state index contributed by atoms with van der Waals surface area (Å²) in [5.74, 6) is -0.104. The van der Waals surface area contributed by atoms with Gasteiger partial charge in [0.25, 0.3) is 0 Å². The lowest BCUT2D eigenvalue weighted by atomic mass is 9.98. The third-order valence-corrected chi connectivity index (χ3v) is 3.36. The van der Waals surface area contributed by atoms with Crippen molar-refractivity contribution in [3.8, 4) is 0 Å². The van der Waals surface area contributed by atoms with Gasteiger partial charge in [-0.05, 0) is 31.7 Å². The molecule has 1 aliphatic heterocycles. The molecule has 0 unspecified atom stereocenters. The number of carbonyl (C=O) groups is 1. The Labute approximate surface area is 126 Å². The minimum atomic E-state index is -4.52. The van der Waals surface area contributed by atoms with Crippen LogP contribution < -0.4 is 5.32 Å². The number of alkyl halides is 3. The Bertz CT molecular complexity index is 529. The zero-order valence-electron chi connectivity index (χ0n) is 12.2. The minimum absolute atomic E-state index is 0.0411. The molecule has 122 valence electrons. The van der Waals surface area contributed by atoms with Crippen molar-refractivity contribution in [3.63, 3.8) is 0 Å². The molecule has 2 heterocycles. The van der Waals surface area contributed by atoms with E-state index in [2.05, 4.69) is 15.3 Å². The molecule has 1 aromatic rings. The number of amides is 1. The third-order valence-electron chi connectivity index (χ3n) is 3.36. The number of rotatable bonds is 4. The van der Waals surface area contributed by atoms with E-state index in [9.17, 15) is 18.0 Å². The fourth-order valence-electron chi connectivity index (χ4n) is 2.33. The van der Waals surface area contributed by atoms with Crippen LogP contribution in [-0.4, -0.2) is 29.1 Å². The van der Waals surface area contributed by atoms with Crippen LogP contribution in [0, 0.1) is 12.8 Å². The van der Waals surface area contributed by atoms with Gasteiger partial charge >= 0.3 is 6.18 Å². The first kappa shape index (κ1) is 16.7. The maximum atomic E-state index is 12.7. The Morgan fingerprint density at radius 3 is 2.86 bits per heavy atom. The molecule has 5 nitrogen and oxygen atoms in total. The van der Waals surface area contributed by atoms with Crippen LogP contribution in [0.1, 0.15) is 36.5 Å². The van der Waals surface area contributed by atoms with E-state index in [0.29, 0.717) is 13.0 Å². The van der Waals surface area contributed by atoms with Crippen LogP contribution in [-0.2, 0) is 22.3 Å². The van der Waals surface area contributed by atoms with E-state index in [1.165, 1.54) is 6.92 Å². The molecular formula is C14H18F3N3O2. The molecule has 0 aromatic carbocycles. The Balaban J connectivity index is 1.90. The smallest absolute Gasteiger partial charge is 0.381 e. The van der Waals surface area contributed by atoms with Crippen LogP contribution in [0.3, 0.4) is 0 Å². The molecule has 0 aliphatic carbocycles. The second-order valence-electron chi connectivity index (χ2n) is 5.37. The van der Waals surface area contributed by atoms with Crippen molar-refractivity contribution < 1.29 is 22.7 Å². The van der Waals surface area contributed by atoms with E-state index < -0.39 is 11.9 Å². The van der Waals surface area contributed by atoms with E-state index in [1.807, 2.05) is 0 Å². The molecule has 1 saturated heterocycles. The van der Waals surface area contributed by atoms with Gasteiger partial charge in [-0.3, -0.25) is 4.79 Å². The van der Waals surface area contributed by atoms with Crippen molar-refractivity contribution in [2.45, 2.75) is 38.9 Å². The minimum Gasteiger partial charge on any atom is -0.381 e. The maximum Gasteiger partial charge on any atom is 0.433 e. The van der Waals surface area contributed by atoms with Crippen LogP contribution in [0.15, 0.2) is 6.07 Å². The molecule has 1 aliphatic rings. The largest absolute Gasteiger partial charge is 0.433 e.